The van der Waals surface area contributed by atoms with Gasteiger partial charge < -0.3 is 4.74 Å². The summed E-state index contributed by atoms with van der Waals surface area (Å²) in [7, 11) is -2.75. The highest BCUT2D eigenvalue weighted by molar-refractivity contribution is 7.91. The van der Waals surface area contributed by atoms with Gasteiger partial charge in [0.1, 0.15) is 11.9 Å². The van der Waals surface area contributed by atoms with Crippen molar-refractivity contribution in [1.82, 2.24) is 4.98 Å². The third-order valence-corrected chi connectivity index (χ3v) is 3.60. The van der Waals surface area contributed by atoms with Crippen LogP contribution in [0.25, 0.3) is 0 Å². The van der Waals surface area contributed by atoms with Crippen molar-refractivity contribution in [1.29, 1.82) is 4.78 Å². The minimum atomic E-state index is -2.75. The molecule has 2 rings (SSSR count). The molecule has 0 saturated carbocycles. The topological polar surface area (TPSA) is 106 Å². The molecule has 0 aliphatic rings. The summed E-state index contributed by atoms with van der Waals surface area (Å²) in [6, 6.07) is 8.89. The molecule has 0 bridgehead atoms. The molecule has 1 N–H and O–H groups in total. The van der Waals surface area contributed by atoms with Gasteiger partial charge in [0, 0.05) is 23.3 Å². The Morgan fingerprint density at radius 3 is 2.35 bits per heavy atom. The second-order valence-corrected chi connectivity index (χ2v) is 6.19. The normalized spacial score (nSPS) is 13.4. The van der Waals surface area contributed by atoms with Crippen molar-refractivity contribution in [3.63, 3.8) is 0 Å². The predicted molar refractivity (Wildman–Crippen MR) is 72.5 cm³/mol. The number of hydrogen-bond acceptors (Lipinski definition) is 6. The lowest BCUT2D eigenvalue weighted by atomic mass is 10.3. The second-order valence-electron chi connectivity index (χ2n) is 4.03. The van der Waals surface area contributed by atoms with Crippen molar-refractivity contribution < 1.29 is 13.9 Å². The zero-order valence-electron chi connectivity index (χ0n) is 10.5. The number of ether oxygens (including phenoxy) is 1. The molecule has 0 spiro atoms. The minimum absolute atomic E-state index is 0.118. The average molecular weight is 293 g/mol. The van der Waals surface area contributed by atoms with Gasteiger partial charge in [0.25, 0.3) is 5.69 Å². The number of aromatic nitrogens is 1. The lowest BCUT2D eigenvalue weighted by Gasteiger charge is -2.05. The number of pyridine rings is 1. The summed E-state index contributed by atoms with van der Waals surface area (Å²) >= 11 is 0. The van der Waals surface area contributed by atoms with Crippen LogP contribution in [0.3, 0.4) is 0 Å². The molecule has 1 heterocycles. The van der Waals surface area contributed by atoms with Gasteiger partial charge in [0.15, 0.2) is 0 Å². The first-order valence-electron chi connectivity index (χ1n) is 5.48. The molecule has 2 aromatic rings. The van der Waals surface area contributed by atoms with E-state index in [1.54, 1.807) is 12.1 Å². The molecular formula is C12H11N3O4S. The molecule has 0 amide bonds. The Hall–Kier alpha value is -2.48. The largest absolute Gasteiger partial charge is 0.439 e. The summed E-state index contributed by atoms with van der Waals surface area (Å²) in [6.07, 6.45) is 2.44. The van der Waals surface area contributed by atoms with E-state index >= 15 is 0 Å². The number of nitrogens with zero attached hydrogens (tertiary/aromatic N) is 2. The first kappa shape index (κ1) is 13.9. The number of rotatable bonds is 4. The number of hydrogen-bond donors (Lipinski definition) is 1. The molecule has 1 atom stereocenters. The smallest absolute Gasteiger partial charge is 0.287 e. The molecule has 7 nitrogen and oxygen atoms in total. The molecule has 104 valence electrons. The molecular weight excluding hydrogens is 282 g/mol. The van der Waals surface area contributed by atoms with Crippen LogP contribution in [-0.4, -0.2) is 20.4 Å². The molecule has 1 aromatic carbocycles. The monoisotopic (exact) mass is 293 g/mol. The van der Waals surface area contributed by atoms with Crippen molar-refractivity contribution in [2.24, 2.45) is 0 Å². The van der Waals surface area contributed by atoms with Gasteiger partial charge in [-0.25, -0.2) is 14.0 Å². The lowest BCUT2D eigenvalue weighted by Crippen LogP contribution is -1.95. The van der Waals surface area contributed by atoms with Crippen molar-refractivity contribution in [2.45, 2.75) is 4.90 Å². The summed E-state index contributed by atoms with van der Waals surface area (Å²) in [5.74, 6) is 0.658. The van der Waals surface area contributed by atoms with E-state index in [0.717, 1.165) is 6.20 Å². The first-order valence-corrected chi connectivity index (χ1v) is 7.45. The zero-order valence-corrected chi connectivity index (χ0v) is 11.3. The van der Waals surface area contributed by atoms with Crippen molar-refractivity contribution in [2.75, 3.05) is 6.26 Å². The summed E-state index contributed by atoms with van der Waals surface area (Å²) in [6.45, 7) is 0. The Labute approximate surface area is 115 Å². The fourth-order valence-electron chi connectivity index (χ4n) is 1.43. The highest BCUT2D eigenvalue weighted by Gasteiger charge is 2.07. The molecule has 0 unspecified atom stereocenters. The molecule has 0 aliphatic heterocycles. The van der Waals surface area contributed by atoms with E-state index in [1.165, 1.54) is 30.5 Å². The summed E-state index contributed by atoms with van der Waals surface area (Å²) in [5, 5.41) is 10.5. The summed E-state index contributed by atoms with van der Waals surface area (Å²) in [5.41, 5.74) is -0.118. The van der Waals surface area contributed by atoms with Crippen LogP contribution >= 0.6 is 0 Å². The number of nitrogens with one attached hydrogen (secondary N) is 1. The van der Waals surface area contributed by atoms with Crippen LogP contribution in [0.1, 0.15) is 0 Å². The Morgan fingerprint density at radius 2 is 1.90 bits per heavy atom. The number of nitro groups is 1. The maximum atomic E-state index is 11.5. The van der Waals surface area contributed by atoms with Gasteiger partial charge in [0.2, 0.25) is 5.88 Å². The van der Waals surface area contributed by atoms with E-state index < -0.39 is 14.7 Å². The fourth-order valence-corrected chi connectivity index (χ4v) is 2.08. The Bertz CT molecular complexity index is 724. The minimum Gasteiger partial charge on any atom is -0.439 e. The SMILES string of the molecule is C[S@](=N)(=O)c1ccc(Oc2ccc([N+](=O)[O-])cn2)cc1. The van der Waals surface area contributed by atoms with Crippen molar-refractivity contribution >= 4 is 15.4 Å². The van der Waals surface area contributed by atoms with Crippen LogP contribution < -0.4 is 4.74 Å². The van der Waals surface area contributed by atoms with E-state index in [9.17, 15) is 14.3 Å². The van der Waals surface area contributed by atoms with Crippen LogP contribution in [-0.2, 0) is 9.73 Å². The van der Waals surface area contributed by atoms with Gasteiger partial charge in [-0.1, -0.05) is 0 Å². The van der Waals surface area contributed by atoms with Gasteiger partial charge >= 0.3 is 0 Å². The van der Waals surface area contributed by atoms with Crippen LogP contribution in [0.2, 0.25) is 0 Å². The molecule has 0 aliphatic carbocycles. The maximum Gasteiger partial charge on any atom is 0.287 e. The number of benzene rings is 1. The molecule has 20 heavy (non-hydrogen) atoms. The zero-order chi connectivity index (χ0) is 14.8. The van der Waals surface area contributed by atoms with Gasteiger partial charge in [-0.2, -0.15) is 0 Å². The van der Waals surface area contributed by atoms with E-state index in [4.69, 9.17) is 9.52 Å². The molecule has 0 fully saturated rings. The van der Waals surface area contributed by atoms with E-state index in [0.29, 0.717) is 10.6 Å². The molecule has 1 aromatic heterocycles. The highest BCUT2D eigenvalue weighted by atomic mass is 32.2. The van der Waals surface area contributed by atoms with Crippen LogP contribution in [0, 0.1) is 14.9 Å². The fraction of sp³-hybridized carbons (Fsp3) is 0.0833. The Balaban J connectivity index is 2.16. The Morgan fingerprint density at radius 1 is 1.25 bits per heavy atom. The third-order valence-electron chi connectivity index (χ3n) is 2.43. The van der Waals surface area contributed by atoms with Gasteiger partial charge in [-0.05, 0) is 24.3 Å². The Kier molecular flexibility index (Phi) is 3.66. The molecule has 0 saturated heterocycles. The summed E-state index contributed by atoms with van der Waals surface area (Å²) in [4.78, 5) is 14.2. The standard InChI is InChI=1S/C12H11N3O4S/c1-20(13,18)11-5-3-10(4-6-11)19-12-7-2-9(8-14-12)15(16)17/h2-8,13H,1H3/t20-/m0/s1. The second kappa shape index (κ2) is 5.25. The summed E-state index contributed by atoms with van der Waals surface area (Å²) < 4.78 is 24.3. The van der Waals surface area contributed by atoms with Crippen molar-refractivity contribution in [3.8, 4) is 11.6 Å². The lowest BCUT2D eigenvalue weighted by molar-refractivity contribution is -0.385. The highest BCUT2D eigenvalue weighted by Crippen LogP contribution is 2.22. The van der Waals surface area contributed by atoms with Gasteiger partial charge in [-0.3, -0.25) is 10.1 Å². The van der Waals surface area contributed by atoms with Gasteiger partial charge in [-0.15, -0.1) is 0 Å². The van der Waals surface area contributed by atoms with E-state index in [2.05, 4.69) is 4.98 Å². The van der Waals surface area contributed by atoms with Crippen LogP contribution in [0.15, 0.2) is 47.5 Å². The molecule has 0 radical (unpaired) electrons. The van der Waals surface area contributed by atoms with E-state index in [1.807, 2.05) is 0 Å². The van der Waals surface area contributed by atoms with E-state index in [-0.39, 0.29) is 11.6 Å². The maximum absolute atomic E-state index is 11.5. The predicted octanol–water partition coefficient (Wildman–Crippen LogP) is 2.82. The molecule has 8 heteroatoms. The van der Waals surface area contributed by atoms with Gasteiger partial charge in [0.05, 0.1) is 14.7 Å². The third kappa shape index (κ3) is 3.29. The van der Waals surface area contributed by atoms with Crippen LogP contribution in [0.5, 0.6) is 11.6 Å². The quantitative estimate of drug-likeness (QED) is 0.689. The van der Waals surface area contributed by atoms with Crippen molar-refractivity contribution in [3.05, 3.63) is 52.7 Å². The van der Waals surface area contributed by atoms with Crippen LogP contribution in [0.4, 0.5) is 5.69 Å². The first-order chi connectivity index (χ1) is 9.36. The average Bonchev–Trinajstić information content (AvgIpc) is 2.39.